The topological polar surface area (TPSA) is 84.9 Å². The van der Waals surface area contributed by atoms with Crippen molar-refractivity contribution in [3.05, 3.63) is 83.4 Å². The van der Waals surface area contributed by atoms with Crippen LogP contribution in [0.25, 0.3) is 0 Å². The predicted molar refractivity (Wildman–Crippen MR) is 143 cm³/mol. The maximum absolute atomic E-state index is 12.6. The Bertz CT molecular complexity index is 1280. The van der Waals surface area contributed by atoms with Crippen molar-refractivity contribution in [2.75, 3.05) is 23.4 Å². The second-order valence-corrected chi connectivity index (χ2v) is 10.4. The molecule has 1 N–H and O–H groups in total. The highest BCUT2D eigenvalue weighted by atomic mass is 35.5. The number of esters is 1. The fraction of sp³-hybridized carbons (Fsp3) is 0.276. The van der Waals surface area contributed by atoms with Crippen LogP contribution < -0.4 is 15.0 Å². The minimum absolute atomic E-state index is 0.0210. The molecule has 37 heavy (non-hydrogen) atoms. The average molecular weight is 521 g/mol. The van der Waals surface area contributed by atoms with Crippen molar-refractivity contribution in [2.45, 2.75) is 32.6 Å². The summed E-state index contributed by atoms with van der Waals surface area (Å²) in [5, 5.41) is 3.09. The number of anilines is 2. The molecular weight excluding hydrogens is 492 g/mol. The molecule has 0 radical (unpaired) electrons. The minimum atomic E-state index is -0.649. The highest BCUT2D eigenvalue weighted by Gasteiger charge is 2.36. The van der Waals surface area contributed by atoms with E-state index in [0.29, 0.717) is 22.1 Å². The number of nitrogens with zero attached hydrogens (tertiary/aromatic N) is 1. The van der Waals surface area contributed by atoms with Crippen molar-refractivity contribution in [1.82, 2.24) is 0 Å². The van der Waals surface area contributed by atoms with Crippen molar-refractivity contribution in [3.8, 4) is 11.5 Å². The van der Waals surface area contributed by atoms with Gasteiger partial charge in [0.1, 0.15) is 11.5 Å². The molecule has 4 rings (SSSR count). The molecule has 0 bridgehead atoms. The van der Waals surface area contributed by atoms with Crippen LogP contribution in [0.15, 0.2) is 72.8 Å². The van der Waals surface area contributed by atoms with Gasteiger partial charge in [0.15, 0.2) is 6.61 Å². The Balaban J connectivity index is 1.29. The highest BCUT2D eigenvalue weighted by Crippen LogP contribution is 2.30. The molecule has 1 atom stereocenters. The molecule has 0 aromatic heterocycles. The lowest BCUT2D eigenvalue weighted by atomic mass is 9.87. The summed E-state index contributed by atoms with van der Waals surface area (Å²) in [5.74, 6) is -0.544. The lowest BCUT2D eigenvalue weighted by Gasteiger charge is -2.19. The first kappa shape index (κ1) is 26.2. The number of amides is 2. The van der Waals surface area contributed by atoms with E-state index in [1.807, 2.05) is 24.3 Å². The quantitative estimate of drug-likeness (QED) is 0.388. The highest BCUT2D eigenvalue weighted by molar-refractivity contribution is 6.30. The Morgan fingerprint density at radius 3 is 2.27 bits per heavy atom. The van der Waals surface area contributed by atoms with Crippen LogP contribution in [0, 0.1) is 5.92 Å². The summed E-state index contributed by atoms with van der Waals surface area (Å²) in [5.41, 5.74) is 2.45. The number of carbonyl (C=O) groups is 3. The third kappa shape index (κ3) is 6.89. The van der Waals surface area contributed by atoms with E-state index in [9.17, 15) is 14.4 Å². The third-order valence-electron chi connectivity index (χ3n) is 6.02. The van der Waals surface area contributed by atoms with Crippen LogP contribution in [-0.2, 0) is 24.5 Å². The van der Waals surface area contributed by atoms with Crippen LogP contribution in [0.3, 0.4) is 0 Å². The molecule has 7 nitrogen and oxygen atoms in total. The van der Waals surface area contributed by atoms with E-state index in [1.165, 1.54) is 5.56 Å². The Morgan fingerprint density at radius 1 is 1.00 bits per heavy atom. The molecule has 192 valence electrons. The van der Waals surface area contributed by atoms with Crippen LogP contribution in [-0.4, -0.2) is 30.9 Å². The molecule has 1 saturated heterocycles. The van der Waals surface area contributed by atoms with Crippen LogP contribution in [0.5, 0.6) is 11.5 Å². The average Bonchev–Trinajstić information content (AvgIpc) is 3.24. The maximum Gasteiger partial charge on any atom is 0.311 e. The molecule has 8 heteroatoms. The van der Waals surface area contributed by atoms with E-state index < -0.39 is 24.4 Å². The SMILES string of the molecule is CC(C)(C)c1ccc(Oc2ccc(N3C[C@H](C(=O)OCC(=O)Nc4cccc(Cl)c4)CC3=O)cc2)cc1. The van der Waals surface area contributed by atoms with Gasteiger partial charge in [-0.05, 0) is 65.6 Å². The van der Waals surface area contributed by atoms with Gasteiger partial charge in [-0.15, -0.1) is 0 Å². The lowest BCUT2D eigenvalue weighted by Crippen LogP contribution is -2.28. The first-order valence-electron chi connectivity index (χ1n) is 12.0. The zero-order valence-electron chi connectivity index (χ0n) is 21.0. The molecule has 0 aliphatic carbocycles. The van der Waals surface area contributed by atoms with E-state index in [1.54, 1.807) is 53.4 Å². The monoisotopic (exact) mass is 520 g/mol. The van der Waals surface area contributed by atoms with Gasteiger partial charge in [-0.25, -0.2) is 0 Å². The number of hydrogen-bond donors (Lipinski definition) is 1. The summed E-state index contributed by atoms with van der Waals surface area (Å²) >= 11 is 5.90. The van der Waals surface area contributed by atoms with Crippen molar-refractivity contribution >= 4 is 40.8 Å². The molecule has 3 aromatic rings. The fourth-order valence-corrected chi connectivity index (χ4v) is 4.18. The van der Waals surface area contributed by atoms with Gasteiger partial charge in [0.2, 0.25) is 5.91 Å². The smallest absolute Gasteiger partial charge is 0.311 e. The van der Waals surface area contributed by atoms with Crippen LogP contribution in [0.4, 0.5) is 11.4 Å². The Hall–Kier alpha value is -3.84. The number of hydrogen-bond acceptors (Lipinski definition) is 5. The van der Waals surface area contributed by atoms with Crippen LogP contribution in [0.1, 0.15) is 32.8 Å². The predicted octanol–water partition coefficient (Wildman–Crippen LogP) is 5.96. The van der Waals surface area contributed by atoms with Crippen molar-refractivity contribution in [3.63, 3.8) is 0 Å². The first-order valence-corrected chi connectivity index (χ1v) is 12.4. The molecule has 1 heterocycles. The van der Waals surface area contributed by atoms with Crippen LogP contribution >= 0.6 is 11.6 Å². The van der Waals surface area contributed by atoms with Gasteiger partial charge in [0.05, 0.1) is 5.92 Å². The third-order valence-corrected chi connectivity index (χ3v) is 6.25. The van der Waals surface area contributed by atoms with Gasteiger partial charge < -0.3 is 19.7 Å². The maximum atomic E-state index is 12.6. The summed E-state index contributed by atoms with van der Waals surface area (Å²) in [6.07, 6.45) is 0.0210. The molecule has 2 amide bonds. The Kier molecular flexibility index (Phi) is 7.83. The van der Waals surface area contributed by atoms with Gasteiger partial charge >= 0.3 is 5.97 Å². The summed E-state index contributed by atoms with van der Waals surface area (Å²) < 4.78 is 11.1. The molecule has 0 unspecified atom stereocenters. The molecular formula is C29H29ClN2O5. The van der Waals surface area contributed by atoms with Gasteiger partial charge in [-0.1, -0.05) is 50.6 Å². The number of nitrogens with one attached hydrogen (secondary N) is 1. The Morgan fingerprint density at radius 2 is 1.65 bits per heavy atom. The summed E-state index contributed by atoms with van der Waals surface area (Å²) in [4.78, 5) is 38.7. The zero-order chi connectivity index (χ0) is 26.6. The van der Waals surface area contributed by atoms with Gasteiger partial charge in [-0.3, -0.25) is 14.4 Å². The summed E-state index contributed by atoms with van der Waals surface area (Å²) in [6, 6.07) is 21.8. The van der Waals surface area contributed by atoms with Gasteiger partial charge in [0, 0.05) is 29.4 Å². The molecule has 1 fully saturated rings. The largest absolute Gasteiger partial charge is 0.457 e. The number of benzene rings is 3. The number of carbonyl (C=O) groups excluding carboxylic acids is 3. The zero-order valence-corrected chi connectivity index (χ0v) is 21.7. The number of halogens is 1. The van der Waals surface area contributed by atoms with E-state index in [4.69, 9.17) is 21.1 Å². The molecule has 1 aliphatic rings. The lowest BCUT2D eigenvalue weighted by molar-refractivity contribution is -0.151. The van der Waals surface area contributed by atoms with Crippen molar-refractivity contribution in [2.24, 2.45) is 5.92 Å². The van der Waals surface area contributed by atoms with Gasteiger partial charge in [-0.2, -0.15) is 0 Å². The van der Waals surface area contributed by atoms with Crippen LogP contribution in [0.2, 0.25) is 5.02 Å². The van der Waals surface area contributed by atoms with Gasteiger partial charge in [0.25, 0.3) is 5.91 Å². The summed E-state index contributed by atoms with van der Waals surface area (Å²) in [6.45, 7) is 6.21. The number of rotatable bonds is 7. The molecule has 0 spiro atoms. The van der Waals surface area contributed by atoms with E-state index >= 15 is 0 Å². The summed E-state index contributed by atoms with van der Waals surface area (Å²) in [7, 11) is 0. The molecule has 1 aliphatic heterocycles. The fourth-order valence-electron chi connectivity index (χ4n) is 3.99. The van der Waals surface area contributed by atoms with E-state index in [2.05, 4.69) is 26.1 Å². The standard InChI is InChI=1S/C29H29ClN2O5/c1-29(2,3)20-7-11-24(12-8-20)37-25-13-9-23(10-14-25)32-17-19(15-27(32)34)28(35)36-18-26(33)31-22-6-4-5-21(30)16-22/h4-14,16,19H,15,17-18H2,1-3H3,(H,31,33)/t19-/m1/s1. The second kappa shape index (κ2) is 11.0. The molecule has 0 saturated carbocycles. The Labute approximate surface area is 221 Å². The number of ether oxygens (including phenoxy) is 2. The van der Waals surface area contributed by atoms with Crippen molar-refractivity contribution < 1.29 is 23.9 Å². The van der Waals surface area contributed by atoms with E-state index in [-0.39, 0.29) is 24.3 Å². The normalized spacial score (nSPS) is 15.4. The minimum Gasteiger partial charge on any atom is -0.457 e. The van der Waals surface area contributed by atoms with Crippen molar-refractivity contribution in [1.29, 1.82) is 0 Å². The first-order chi connectivity index (χ1) is 17.6. The second-order valence-electron chi connectivity index (χ2n) is 9.94. The van der Waals surface area contributed by atoms with E-state index in [0.717, 1.165) is 5.75 Å². The molecule has 3 aromatic carbocycles.